The van der Waals surface area contributed by atoms with Gasteiger partial charge in [0.05, 0.1) is 0 Å². The third-order valence-electron chi connectivity index (χ3n) is 2.41. The monoisotopic (exact) mass is 200 g/mol. The van der Waals surface area contributed by atoms with Gasteiger partial charge < -0.3 is 0 Å². The molecule has 2 heteroatoms. The van der Waals surface area contributed by atoms with E-state index in [0.29, 0.717) is 0 Å². The molecule has 1 aromatic carbocycles. The average molecular weight is 200 g/mol. The number of hydrogen-bond donors (Lipinski definition) is 0. The van der Waals surface area contributed by atoms with Gasteiger partial charge in [0.1, 0.15) is 11.9 Å². The molecule has 1 aliphatic rings. The Kier molecular flexibility index (Phi) is 2.43. The van der Waals surface area contributed by atoms with Gasteiger partial charge in [-0.3, -0.25) is 4.99 Å². The molecule has 0 radical (unpaired) electrons. The fourth-order valence-corrected chi connectivity index (χ4v) is 1.54. The van der Waals surface area contributed by atoms with Gasteiger partial charge in [0.2, 0.25) is 0 Å². The lowest BCUT2D eigenvalue weighted by Gasteiger charge is -2.15. The Morgan fingerprint density at radius 1 is 1.07 bits per heavy atom. The minimum absolute atomic E-state index is 0.0417. The normalized spacial score (nSPS) is 20.5. The number of aliphatic imine (C=N–C) groups is 2. The van der Waals surface area contributed by atoms with Gasteiger partial charge in [-0.15, -0.1) is 0 Å². The van der Waals surface area contributed by atoms with Crippen LogP contribution in [-0.4, -0.2) is 12.1 Å². The van der Waals surface area contributed by atoms with Gasteiger partial charge in [-0.1, -0.05) is 51.1 Å². The van der Waals surface area contributed by atoms with Crippen LogP contribution >= 0.6 is 0 Å². The van der Waals surface area contributed by atoms with Gasteiger partial charge in [0, 0.05) is 11.6 Å². The van der Waals surface area contributed by atoms with E-state index in [9.17, 15) is 0 Å². The van der Waals surface area contributed by atoms with Crippen LogP contribution in [-0.2, 0) is 0 Å². The van der Waals surface area contributed by atoms with Gasteiger partial charge in [-0.25, -0.2) is 4.99 Å². The van der Waals surface area contributed by atoms with Crippen molar-refractivity contribution in [1.82, 2.24) is 0 Å². The molecule has 0 spiro atoms. The predicted octanol–water partition coefficient (Wildman–Crippen LogP) is 3.26. The topological polar surface area (TPSA) is 24.7 Å². The molecular formula is C13H16N2. The number of amidine groups is 1. The molecule has 0 fully saturated rings. The number of rotatable bonds is 1. The highest BCUT2D eigenvalue weighted by Crippen LogP contribution is 2.26. The summed E-state index contributed by atoms with van der Waals surface area (Å²) in [6, 6.07) is 10.4. The SMILES string of the molecule is CC(C)(C)C1=NC(c2ccccc2)C=N1. The van der Waals surface area contributed by atoms with E-state index in [1.54, 1.807) is 0 Å². The Bertz CT molecular complexity index is 396. The Labute approximate surface area is 90.8 Å². The van der Waals surface area contributed by atoms with Crippen LogP contribution in [0.1, 0.15) is 32.4 Å². The van der Waals surface area contributed by atoms with Crippen LogP contribution in [0.2, 0.25) is 0 Å². The molecule has 0 aliphatic carbocycles. The molecule has 0 saturated carbocycles. The molecule has 0 amide bonds. The summed E-state index contributed by atoms with van der Waals surface area (Å²) in [6.07, 6.45) is 1.93. The van der Waals surface area contributed by atoms with E-state index >= 15 is 0 Å². The van der Waals surface area contributed by atoms with Gasteiger partial charge in [0.15, 0.2) is 0 Å². The van der Waals surface area contributed by atoms with Crippen molar-refractivity contribution in [3.05, 3.63) is 35.9 Å². The standard InChI is InChI=1S/C13H16N2/c1-13(2,3)12-14-9-11(15-12)10-7-5-4-6-8-10/h4-9,11H,1-3H3. The number of nitrogens with zero attached hydrogens (tertiary/aromatic N) is 2. The molecule has 1 heterocycles. The van der Waals surface area contributed by atoms with Crippen molar-refractivity contribution >= 4 is 12.1 Å². The third kappa shape index (κ3) is 2.14. The zero-order valence-electron chi connectivity index (χ0n) is 9.44. The maximum atomic E-state index is 4.62. The minimum atomic E-state index is 0.0417. The summed E-state index contributed by atoms with van der Waals surface area (Å²) in [5.74, 6) is 0.941. The molecule has 0 N–H and O–H groups in total. The summed E-state index contributed by atoms with van der Waals surface area (Å²) in [4.78, 5) is 9.01. The first kappa shape index (κ1) is 10.1. The first-order valence-electron chi connectivity index (χ1n) is 5.25. The van der Waals surface area contributed by atoms with Crippen LogP contribution in [0.25, 0.3) is 0 Å². The smallest absolute Gasteiger partial charge is 0.129 e. The van der Waals surface area contributed by atoms with Crippen LogP contribution in [0.4, 0.5) is 0 Å². The molecule has 1 unspecified atom stereocenters. The minimum Gasteiger partial charge on any atom is -0.256 e. The molecule has 2 rings (SSSR count). The highest BCUT2D eigenvalue weighted by atomic mass is 15.0. The van der Waals surface area contributed by atoms with Crippen LogP contribution in [0.3, 0.4) is 0 Å². The van der Waals surface area contributed by atoms with E-state index in [0.717, 1.165) is 5.84 Å². The Morgan fingerprint density at radius 3 is 2.27 bits per heavy atom. The summed E-state index contributed by atoms with van der Waals surface area (Å²) < 4.78 is 0. The van der Waals surface area contributed by atoms with Crippen molar-refractivity contribution in [2.75, 3.05) is 0 Å². The molecule has 0 saturated heterocycles. The Hall–Kier alpha value is -1.44. The van der Waals surface area contributed by atoms with Crippen LogP contribution in [0, 0.1) is 5.41 Å². The lowest BCUT2D eigenvalue weighted by Crippen LogP contribution is -2.16. The fourth-order valence-electron chi connectivity index (χ4n) is 1.54. The Morgan fingerprint density at radius 2 is 1.73 bits per heavy atom. The van der Waals surface area contributed by atoms with Crippen molar-refractivity contribution in [2.24, 2.45) is 15.4 Å². The molecular weight excluding hydrogens is 184 g/mol. The van der Waals surface area contributed by atoms with E-state index in [-0.39, 0.29) is 11.5 Å². The van der Waals surface area contributed by atoms with E-state index in [1.807, 2.05) is 24.4 Å². The molecule has 78 valence electrons. The van der Waals surface area contributed by atoms with E-state index < -0.39 is 0 Å². The maximum Gasteiger partial charge on any atom is 0.129 e. The summed E-state index contributed by atoms with van der Waals surface area (Å²) in [6.45, 7) is 6.41. The molecule has 0 bridgehead atoms. The van der Waals surface area contributed by atoms with Crippen molar-refractivity contribution < 1.29 is 0 Å². The summed E-state index contributed by atoms with van der Waals surface area (Å²) in [5, 5.41) is 0. The fraction of sp³-hybridized carbons (Fsp3) is 0.385. The van der Waals surface area contributed by atoms with E-state index in [1.165, 1.54) is 5.56 Å². The summed E-state index contributed by atoms with van der Waals surface area (Å²) in [7, 11) is 0. The van der Waals surface area contributed by atoms with E-state index in [4.69, 9.17) is 0 Å². The highest BCUT2D eigenvalue weighted by Gasteiger charge is 2.23. The zero-order valence-corrected chi connectivity index (χ0v) is 9.44. The zero-order chi connectivity index (χ0) is 10.9. The largest absolute Gasteiger partial charge is 0.256 e. The molecule has 2 nitrogen and oxygen atoms in total. The van der Waals surface area contributed by atoms with Crippen molar-refractivity contribution in [1.29, 1.82) is 0 Å². The van der Waals surface area contributed by atoms with Gasteiger partial charge in [0.25, 0.3) is 0 Å². The molecule has 1 aliphatic heterocycles. The second-order valence-corrected chi connectivity index (χ2v) is 4.84. The second-order valence-electron chi connectivity index (χ2n) is 4.84. The first-order chi connectivity index (χ1) is 7.07. The quantitative estimate of drug-likeness (QED) is 0.664. The van der Waals surface area contributed by atoms with Crippen LogP contribution in [0.15, 0.2) is 40.3 Å². The third-order valence-corrected chi connectivity index (χ3v) is 2.41. The average Bonchev–Trinajstić information content (AvgIpc) is 2.67. The van der Waals surface area contributed by atoms with Gasteiger partial charge in [-0.2, -0.15) is 0 Å². The second kappa shape index (κ2) is 3.61. The number of benzene rings is 1. The molecule has 0 aromatic heterocycles. The van der Waals surface area contributed by atoms with Crippen molar-refractivity contribution in [2.45, 2.75) is 26.8 Å². The lowest BCUT2D eigenvalue weighted by molar-refractivity contribution is 0.584. The highest BCUT2D eigenvalue weighted by molar-refractivity contribution is 5.99. The maximum absolute atomic E-state index is 4.62. The molecule has 1 atom stereocenters. The van der Waals surface area contributed by atoms with E-state index in [2.05, 4.69) is 42.9 Å². The summed E-state index contributed by atoms with van der Waals surface area (Å²) in [5.41, 5.74) is 1.25. The van der Waals surface area contributed by atoms with Crippen molar-refractivity contribution in [3.8, 4) is 0 Å². The van der Waals surface area contributed by atoms with Crippen LogP contribution in [0.5, 0.6) is 0 Å². The predicted molar refractivity (Wildman–Crippen MR) is 64.6 cm³/mol. The van der Waals surface area contributed by atoms with Gasteiger partial charge in [-0.05, 0) is 5.56 Å². The number of hydrogen-bond acceptors (Lipinski definition) is 2. The van der Waals surface area contributed by atoms with Gasteiger partial charge >= 0.3 is 0 Å². The lowest BCUT2D eigenvalue weighted by atomic mass is 9.95. The first-order valence-corrected chi connectivity index (χ1v) is 5.25. The summed E-state index contributed by atoms with van der Waals surface area (Å²) >= 11 is 0. The van der Waals surface area contributed by atoms with Crippen LogP contribution < -0.4 is 0 Å². The molecule has 15 heavy (non-hydrogen) atoms. The Balaban J connectivity index is 2.25. The van der Waals surface area contributed by atoms with Crippen molar-refractivity contribution in [3.63, 3.8) is 0 Å². The molecule has 1 aromatic rings.